The van der Waals surface area contributed by atoms with E-state index in [1.807, 2.05) is 47.4 Å². The molecule has 1 aliphatic heterocycles. The summed E-state index contributed by atoms with van der Waals surface area (Å²) in [6.07, 6.45) is 5.32. The van der Waals surface area contributed by atoms with Crippen molar-refractivity contribution < 1.29 is 4.79 Å². The average molecular weight is 374 g/mol. The van der Waals surface area contributed by atoms with Gasteiger partial charge in [0.1, 0.15) is 11.5 Å². The van der Waals surface area contributed by atoms with Crippen molar-refractivity contribution in [2.45, 2.75) is 39.0 Å². The maximum Gasteiger partial charge on any atom is 0.272 e. The number of pyridine rings is 2. The topological polar surface area (TPSA) is 72.1 Å². The molecule has 2 N–H and O–H groups in total. The third kappa shape index (κ3) is 3.57. The van der Waals surface area contributed by atoms with Gasteiger partial charge < -0.3 is 10.6 Å². The van der Waals surface area contributed by atoms with Crippen molar-refractivity contribution >= 4 is 22.6 Å². The van der Waals surface area contributed by atoms with Crippen molar-refractivity contribution in [3.8, 4) is 11.1 Å². The summed E-state index contributed by atoms with van der Waals surface area (Å²) in [4.78, 5) is 24.3. The molecule has 3 heterocycles. The fourth-order valence-corrected chi connectivity index (χ4v) is 3.95. The van der Waals surface area contributed by atoms with E-state index in [0.29, 0.717) is 11.5 Å². The first-order valence-corrected chi connectivity index (χ1v) is 10.1. The number of nitrogens with zero attached hydrogens (tertiary/aromatic N) is 3. The molecule has 144 valence electrons. The molecule has 0 atom stereocenters. The second-order valence-electron chi connectivity index (χ2n) is 7.36. The first-order chi connectivity index (χ1) is 13.7. The Morgan fingerprint density at radius 3 is 2.50 bits per heavy atom. The van der Waals surface area contributed by atoms with Crippen molar-refractivity contribution in [3.63, 3.8) is 0 Å². The van der Waals surface area contributed by atoms with E-state index in [1.165, 1.54) is 12.8 Å². The molecule has 1 aromatic carbocycles. The summed E-state index contributed by atoms with van der Waals surface area (Å²) in [5.74, 6) is 0.551. The minimum atomic E-state index is 0.0322. The maximum atomic E-state index is 13.0. The number of hydrogen-bond acceptors (Lipinski definition) is 4. The Morgan fingerprint density at radius 2 is 1.75 bits per heavy atom. The number of carbonyl (C=O) groups excluding carboxylic acids is 1. The van der Waals surface area contributed by atoms with Gasteiger partial charge in [-0.1, -0.05) is 44.0 Å². The Bertz CT molecular complexity index is 1010. The summed E-state index contributed by atoms with van der Waals surface area (Å²) in [5.41, 5.74) is 10.2. The fourth-order valence-electron chi connectivity index (χ4n) is 3.95. The van der Waals surface area contributed by atoms with Gasteiger partial charge in [-0.25, -0.2) is 9.97 Å². The van der Waals surface area contributed by atoms with Crippen LogP contribution in [0, 0.1) is 0 Å². The van der Waals surface area contributed by atoms with Crippen LogP contribution in [0.2, 0.25) is 0 Å². The fraction of sp³-hybridized carbons (Fsp3) is 0.348. The van der Waals surface area contributed by atoms with Crippen LogP contribution in [0.4, 0.5) is 5.82 Å². The smallest absolute Gasteiger partial charge is 0.272 e. The van der Waals surface area contributed by atoms with Gasteiger partial charge in [0.15, 0.2) is 0 Å². The molecule has 0 radical (unpaired) electrons. The Kier molecular flexibility index (Phi) is 5.24. The van der Waals surface area contributed by atoms with Gasteiger partial charge in [0.2, 0.25) is 0 Å². The zero-order valence-corrected chi connectivity index (χ0v) is 16.3. The highest BCUT2D eigenvalue weighted by atomic mass is 16.2. The van der Waals surface area contributed by atoms with Crippen LogP contribution in [0.1, 0.15) is 48.8 Å². The number of fused-ring (bicyclic) bond motifs is 1. The molecule has 0 unspecified atom stereocenters. The Hall–Kier alpha value is -2.95. The molecule has 28 heavy (non-hydrogen) atoms. The predicted molar refractivity (Wildman–Crippen MR) is 113 cm³/mol. The average Bonchev–Trinajstić information content (AvgIpc) is 3.02. The summed E-state index contributed by atoms with van der Waals surface area (Å²) in [5, 5.41) is 1.02. The minimum Gasteiger partial charge on any atom is -0.384 e. The van der Waals surface area contributed by atoms with E-state index in [-0.39, 0.29) is 5.91 Å². The molecule has 1 saturated heterocycles. The van der Waals surface area contributed by atoms with Crippen LogP contribution >= 0.6 is 0 Å². The molecule has 3 aromatic rings. The molecule has 4 rings (SSSR count). The summed E-state index contributed by atoms with van der Waals surface area (Å²) in [6.45, 7) is 3.71. The molecule has 2 aromatic heterocycles. The third-order valence-electron chi connectivity index (χ3n) is 5.45. The number of nitrogens with two attached hydrogens (primary N) is 1. The lowest BCUT2D eigenvalue weighted by Gasteiger charge is -2.20. The van der Waals surface area contributed by atoms with E-state index < -0.39 is 0 Å². The highest BCUT2D eigenvalue weighted by Crippen LogP contribution is 2.30. The van der Waals surface area contributed by atoms with E-state index >= 15 is 0 Å². The number of rotatable bonds is 3. The normalized spacial score (nSPS) is 14.8. The number of benzene rings is 1. The number of carbonyl (C=O) groups is 1. The summed E-state index contributed by atoms with van der Waals surface area (Å²) >= 11 is 0. The van der Waals surface area contributed by atoms with E-state index in [4.69, 9.17) is 10.7 Å². The number of amides is 1. The molecular formula is C23H26N4O. The zero-order valence-electron chi connectivity index (χ0n) is 16.3. The lowest BCUT2D eigenvalue weighted by atomic mass is 9.99. The molecular weight excluding hydrogens is 348 g/mol. The van der Waals surface area contributed by atoms with Crippen LogP contribution in [0.25, 0.3) is 22.0 Å². The summed E-state index contributed by atoms with van der Waals surface area (Å²) in [6, 6.07) is 13.8. The van der Waals surface area contributed by atoms with Gasteiger partial charge in [-0.3, -0.25) is 4.79 Å². The molecule has 5 nitrogen and oxygen atoms in total. The van der Waals surface area contributed by atoms with Crippen LogP contribution in [-0.4, -0.2) is 33.9 Å². The van der Waals surface area contributed by atoms with Crippen molar-refractivity contribution in [1.82, 2.24) is 14.9 Å². The number of aromatic nitrogens is 2. The lowest BCUT2D eigenvalue weighted by molar-refractivity contribution is 0.0756. The first kappa shape index (κ1) is 18.4. The zero-order chi connectivity index (χ0) is 19.5. The van der Waals surface area contributed by atoms with Crippen molar-refractivity contribution in [1.29, 1.82) is 0 Å². The number of nitrogen functional groups attached to an aromatic ring is 1. The van der Waals surface area contributed by atoms with Gasteiger partial charge in [0, 0.05) is 29.6 Å². The SMILES string of the molecule is CCc1nc(N)ccc1-c1cccc2ccc(C(=O)N3CCCCCC3)nc12. The first-order valence-electron chi connectivity index (χ1n) is 10.1. The van der Waals surface area contributed by atoms with E-state index in [0.717, 1.165) is 60.1 Å². The Morgan fingerprint density at radius 1 is 0.964 bits per heavy atom. The number of anilines is 1. The molecule has 1 amide bonds. The molecule has 5 heteroatoms. The molecule has 0 spiro atoms. The van der Waals surface area contributed by atoms with Crippen LogP contribution in [0.5, 0.6) is 0 Å². The molecule has 1 aliphatic rings. The van der Waals surface area contributed by atoms with Gasteiger partial charge >= 0.3 is 0 Å². The minimum absolute atomic E-state index is 0.0322. The molecule has 0 bridgehead atoms. The maximum absolute atomic E-state index is 13.0. The molecule has 0 aliphatic carbocycles. The summed E-state index contributed by atoms with van der Waals surface area (Å²) in [7, 11) is 0. The van der Waals surface area contributed by atoms with E-state index in [2.05, 4.69) is 11.9 Å². The number of hydrogen-bond donors (Lipinski definition) is 1. The van der Waals surface area contributed by atoms with Crippen molar-refractivity contribution in [2.24, 2.45) is 0 Å². The monoisotopic (exact) mass is 374 g/mol. The highest BCUT2D eigenvalue weighted by molar-refractivity contribution is 5.99. The number of para-hydroxylation sites is 1. The van der Waals surface area contributed by atoms with Gasteiger partial charge in [0.05, 0.1) is 11.2 Å². The lowest BCUT2D eigenvalue weighted by Crippen LogP contribution is -2.32. The molecule has 0 saturated carbocycles. The third-order valence-corrected chi connectivity index (χ3v) is 5.45. The van der Waals surface area contributed by atoms with E-state index in [1.54, 1.807) is 0 Å². The second-order valence-corrected chi connectivity index (χ2v) is 7.36. The van der Waals surface area contributed by atoms with Crippen LogP contribution in [-0.2, 0) is 6.42 Å². The molecule has 1 fully saturated rings. The number of likely N-dealkylation sites (tertiary alicyclic amines) is 1. The standard InChI is InChI=1S/C23H26N4O/c1-2-19-17(11-13-21(24)25-19)18-9-7-8-16-10-12-20(26-22(16)18)23(28)27-14-5-3-4-6-15-27/h7-13H,2-6,14-15H2,1H3,(H2,24,25). The van der Waals surface area contributed by atoms with Crippen LogP contribution in [0.15, 0.2) is 42.5 Å². The van der Waals surface area contributed by atoms with Gasteiger partial charge in [-0.05, 0) is 37.5 Å². The summed E-state index contributed by atoms with van der Waals surface area (Å²) < 4.78 is 0. The van der Waals surface area contributed by atoms with Crippen molar-refractivity contribution in [2.75, 3.05) is 18.8 Å². The van der Waals surface area contributed by atoms with E-state index in [9.17, 15) is 4.79 Å². The van der Waals surface area contributed by atoms with Gasteiger partial charge in [0.25, 0.3) is 5.91 Å². The van der Waals surface area contributed by atoms with Crippen LogP contribution < -0.4 is 5.73 Å². The van der Waals surface area contributed by atoms with Gasteiger partial charge in [-0.2, -0.15) is 0 Å². The van der Waals surface area contributed by atoms with Gasteiger partial charge in [-0.15, -0.1) is 0 Å². The van der Waals surface area contributed by atoms with Crippen molar-refractivity contribution in [3.05, 3.63) is 53.9 Å². The number of aryl methyl sites for hydroxylation is 1. The Balaban J connectivity index is 1.79. The highest BCUT2D eigenvalue weighted by Gasteiger charge is 2.19. The quantitative estimate of drug-likeness (QED) is 0.735. The Labute approximate surface area is 165 Å². The van der Waals surface area contributed by atoms with Crippen LogP contribution in [0.3, 0.4) is 0 Å². The largest absolute Gasteiger partial charge is 0.384 e. The predicted octanol–water partition coefficient (Wildman–Crippen LogP) is 4.46. The second kappa shape index (κ2) is 7.97.